The molecule has 0 spiro atoms. The molecule has 120 valence electrons. The van der Waals surface area contributed by atoms with Gasteiger partial charge in [-0.3, -0.25) is 9.98 Å². The highest BCUT2D eigenvalue weighted by molar-refractivity contribution is 6.10. The van der Waals surface area contributed by atoms with Crippen LogP contribution in [-0.4, -0.2) is 32.3 Å². The number of allylic oxidation sites excluding steroid dienone is 1. The molecule has 1 aliphatic heterocycles. The number of pyridine rings is 1. The quantitative estimate of drug-likeness (QED) is 0.580. The first kappa shape index (κ1) is 14.0. The van der Waals surface area contributed by atoms with E-state index in [-0.39, 0.29) is 0 Å². The minimum atomic E-state index is 0.733. The molecule has 1 aliphatic rings. The van der Waals surface area contributed by atoms with Crippen LogP contribution in [-0.2, 0) is 6.42 Å². The molecule has 0 saturated carbocycles. The Morgan fingerprint density at radius 2 is 2.04 bits per heavy atom. The van der Waals surface area contributed by atoms with Crippen molar-refractivity contribution >= 4 is 28.3 Å². The summed E-state index contributed by atoms with van der Waals surface area (Å²) in [5.41, 5.74) is 6.15. The molecule has 1 aromatic carbocycles. The normalized spacial score (nSPS) is 13.7. The summed E-state index contributed by atoms with van der Waals surface area (Å²) in [6.45, 7) is 0.733. The maximum Gasteiger partial charge on any atom is 0.153 e. The van der Waals surface area contributed by atoms with Gasteiger partial charge in [-0.1, -0.05) is 18.2 Å². The van der Waals surface area contributed by atoms with Crippen LogP contribution >= 0.6 is 0 Å². The third-order valence-electron chi connectivity index (χ3n) is 4.43. The average molecular weight is 325 g/mol. The highest BCUT2D eigenvalue weighted by Crippen LogP contribution is 2.19. The van der Waals surface area contributed by atoms with E-state index >= 15 is 0 Å². The molecule has 0 radical (unpaired) electrons. The Hall–Kier alpha value is -3.34. The van der Waals surface area contributed by atoms with Crippen molar-refractivity contribution < 1.29 is 0 Å². The van der Waals surface area contributed by atoms with E-state index in [0.717, 1.165) is 46.5 Å². The zero-order valence-electron chi connectivity index (χ0n) is 13.5. The van der Waals surface area contributed by atoms with Crippen molar-refractivity contribution in [3.8, 4) is 0 Å². The van der Waals surface area contributed by atoms with E-state index in [0.29, 0.717) is 0 Å². The molecule has 5 rings (SSSR count). The molecule has 0 atom stereocenters. The maximum atomic E-state index is 4.76. The Morgan fingerprint density at radius 1 is 1.04 bits per heavy atom. The third-order valence-corrected chi connectivity index (χ3v) is 4.43. The van der Waals surface area contributed by atoms with Crippen molar-refractivity contribution in [2.45, 2.75) is 6.42 Å². The smallest absolute Gasteiger partial charge is 0.153 e. The third kappa shape index (κ3) is 2.50. The predicted octanol–water partition coefficient (Wildman–Crippen LogP) is 3.34. The Labute approximate surface area is 144 Å². The second kappa shape index (κ2) is 5.63. The van der Waals surface area contributed by atoms with Crippen LogP contribution in [0.4, 0.5) is 0 Å². The van der Waals surface area contributed by atoms with Crippen LogP contribution in [0.15, 0.2) is 65.9 Å². The van der Waals surface area contributed by atoms with Gasteiger partial charge in [-0.2, -0.15) is 5.10 Å². The summed E-state index contributed by atoms with van der Waals surface area (Å²) >= 11 is 0. The number of hydrogen-bond acceptors (Lipinski definition) is 4. The number of aliphatic imine (C=N–C) groups is 1. The summed E-state index contributed by atoms with van der Waals surface area (Å²) in [4.78, 5) is 13.1. The van der Waals surface area contributed by atoms with E-state index in [1.54, 1.807) is 0 Å². The molecule has 0 amide bonds. The van der Waals surface area contributed by atoms with Gasteiger partial charge in [0.05, 0.1) is 29.6 Å². The van der Waals surface area contributed by atoms with E-state index in [4.69, 9.17) is 5.10 Å². The predicted molar refractivity (Wildman–Crippen MR) is 98.9 cm³/mol. The molecule has 0 fully saturated rings. The minimum Gasteiger partial charge on any atom is -0.288 e. The lowest BCUT2D eigenvalue weighted by Gasteiger charge is -2.05. The molecule has 4 heterocycles. The van der Waals surface area contributed by atoms with Crippen LogP contribution < -0.4 is 0 Å². The van der Waals surface area contributed by atoms with Gasteiger partial charge in [0.15, 0.2) is 5.65 Å². The van der Waals surface area contributed by atoms with Gasteiger partial charge >= 0.3 is 0 Å². The molecule has 4 aromatic rings. The van der Waals surface area contributed by atoms with Crippen LogP contribution in [0.1, 0.15) is 17.0 Å². The zero-order chi connectivity index (χ0) is 16.6. The summed E-state index contributed by atoms with van der Waals surface area (Å²) in [6.07, 6.45) is 8.45. The highest BCUT2D eigenvalue weighted by Gasteiger charge is 2.10. The largest absolute Gasteiger partial charge is 0.288 e. The van der Waals surface area contributed by atoms with Crippen molar-refractivity contribution in [3.63, 3.8) is 0 Å². The van der Waals surface area contributed by atoms with E-state index in [1.807, 2.05) is 41.3 Å². The number of imidazole rings is 1. The second-order valence-corrected chi connectivity index (χ2v) is 6.10. The Balaban J connectivity index is 1.55. The summed E-state index contributed by atoms with van der Waals surface area (Å²) in [5, 5.41) is 5.91. The van der Waals surface area contributed by atoms with Crippen LogP contribution in [0, 0.1) is 0 Å². The molecule has 0 saturated heterocycles. The SMILES string of the molecule is C1=NCC=C1c1ccc2ncc(Cc3ccc4ncccc4c3)n2n1. The first-order chi connectivity index (χ1) is 12.4. The number of nitrogens with zero attached hydrogens (tertiary/aromatic N) is 5. The molecular formula is C20H15N5. The molecule has 0 N–H and O–H groups in total. The fourth-order valence-corrected chi connectivity index (χ4v) is 3.16. The lowest BCUT2D eigenvalue weighted by molar-refractivity contribution is 0.863. The number of hydrogen-bond donors (Lipinski definition) is 0. The van der Waals surface area contributed by atoms with Gasteiger partial charge in [-0.15, -0.1) is 0 Å². The molecule has 0 unspecified atom stereocenters. The Bertz CT molecular complexity index is 1150. The first-order valence-corrected chi connectivity index (χ1v) is 8.24. The van der Waals surface area contributed by atoms with Gasteiger partial charge in [0.25, 0.3) is 0 Å². The molecule has 3 aromatic heterocycles. The monoisotopic (exact) mass is 325 g/mol. The summed E-state index contributed by atoms with van der Waals surface area (Å²) in [6, 6.07) is 14.4. The number of aromatic nitrogens is 4. The maximum absolute atomic E-state index is 4.76. The molecular weight excluding hydrogens is 310 g/mol. The van der Waals surface area contributed by atoms with Gasteiger partial charge in [-0.05, 0) is 35.9 Å². The number of rotatable bonds is 3. The topological polar surface area (TPSA) is 55.4 Å². The fourth-order valence-electron chi connectivity index (χ4n) is 3.16. The standard InChI is InChI=1S/C20H15N5/c1-2-15-10-14(3-4-18(15)22-8-1)11-17-13-23-20-6-5-19(24-25(17)20)16-7-9-21-12-16/h1-8,10,12-13H,9,11H2. The van der Waals surface area contributed by atoms with Gasteiger partial charge in [0.2, 0.25) is 0 Å². The fraction of sp³-hybridized carbons (Fsp3) is 0.100. The number of fused-ring (bicyclic) bond motifs is 2. The first-order valence-electron chi connectivity index (χ1n) is 8.24. The van der Waals surface area contributed by atoms with E-state index in [1.165, 1.54) is 5.56 Å². The van der Waals surface area contributed by atoms with Crippen LogP contribution in [0.2, 0.25) is 0 Å². The van der Waals surface area contributed by atoms with E-state index in [9.17, 15) is 0 Å². The molecule has 0 bridgehead atoms. The van der Waals surface area contributed by atoms with Gasteiger partial charge in [0, 0.05) is 29.8 Å². The summed E-state index contributed by atoms with van der Waals surface area (Å²) < 4.78 is 1.93. The summed E-state index contributed by atoms with van der Waals surface area (Å²) in [7, 11) is 0. The minimum absolute atomic E-state index is 0.733. The van der Waals surface area contributed by atoms with Crippen molar-refractivity contribution in [3.05, 3.63) is 77.9 Å². The number of benzene rings is 1. The second-order valence-electron chi connectivity index (χ2n) is 6.10. The van der Waals surface area contributed by atoms with Crippen LogP contribution in [0.3, 0.4) is 0 Å². The molecule has 0 aliphatic carbocycles. The molecule has 25 heavy (non-hydrogen) atoms. The van der Waals surface area contributed by atoms with Gasteiger partial charge in [0.1, 0.15) is 0 Å². The van der Waals surface area contributed by atoms with Crippen molar-refractivity contribution in [1.82, 2.24) is 19.6 Å². The zero-order valence-corrected chi connectivity index (χ0v) is 13.5. The van der Waals surface area contributed by atoms with Crippen LogP contribution in [0.5, 0.6) is 0 Å². The Kier molecular flexibility index (Phi) is 3.16. The van der Waals surface area contributed by atoms with Crippen molar-refractivity contribution in [2.75, 3.05) is 6.54 Å². The van der Waals surface area contributed by atoms with Crippen LogP contribution in [0.25, 0.3) is 22.1 Å². The van der Waals surface area contributed by atoms with Gasteiger partial charge < -0.3 is 0 Å². The van der Waals surface area contributed by atoms with E-state index in [2.05, 4.69) is 45.3 Å². The summed E-state index contributed by atoms with van der Waals surface area (Å²) in [5.74, 6) is 0. The molecule has 5 heteroatoms. The molecule has 5 nitrogen and oxygen atoms in total. The van der Waals surface area contributed by atoms with Crippen molar-refractivity contribution in [2.24, 2.45) is 4.99 Å². The van der Waals surface area contributed by atoms with Crippen molar-refractivity contribution in [1.29, 1.82) is 0 Å². The lowest BCUT2D eigenvalue weighted by Crippen LogP contribution is -2.02. The average Bonchev–Trinajstić information content (AvgIpc) is 3.32. The van der Waals surface area contributed by atoms with E-state index < -0.39 is 0 Å². The van der Waals surface area contributed by atoms with Gasteiger partial charge in [-0.25, -0.2) is 9.50 Å². The Morgan fingerprint density at radius 3 is 2.96 bits per heavy atom. The highest BCUT2D eigenvalue weighted by atomic mass is 15.3. The lowest BCUT2D eigenvalue weighted by atomic mass is 10.1.